The largest absolute Gasteiger partial charge is 0.106 e. The second kappa shape index (κ2) is 5.59. The number of thioether (sulfide) groups is 4. The normalized spacial score (nSPS) is 19.6. The van der Waals surface area contributed by atoms with Crippen LogP contribution >= 0.6 is 47.0 Å². The van der Waals surface area contributed by atoms with Gasteiger partial charge in [-0.25, -0.2) is 0 Å². The molecule has 0 radical (unpaired) electrons. The topological polar surface area (TPSA) is 0 Å². The molecule has 4 heteroatoms. The maximum absolute atomic E-state index is 5.16. The van der Waals surface area contributed by atoms with E-state index in [-0.39, 0.29) is 0 Å². The summed E-state index contributed by atoms with van der Waals surface area (Å²) in [6.45, 7) is 6.44. The molecule has 0 aliphatic carbocycles. The molecule has 0 bridgehead atoms. The van der Waals surface area contributed by atoms with Crippen molar-refractivity contribution < 1.29 is 0 Å². The van der Waals surface area contributed by atoms with Crippen molar-refractivity contribution in [3.05, 3.63) is 28.1 Å². The third kappa shape index (κ3) is 2.95. The number of terminal acetylenes is 1. The summed E-state index contributed by atoms with van der Waals surface area (Å²) < 4.78 is 2.72. The summed E-state index contributed by atoms with van der Waals surface area (Å²) in [5.41, 5.74) is 0. The molecule has 2 aliphatic heterocycles. The highest BCUT2D eigenvalue weighted by Gasteiger charge is 2.25. The average molecular weight is 294 g/mol. The van der Waals surface area contributed by atoms with Crippen molar-refractivity contribution in [2.45, 2.75) is 20.8 Å². The fraction of sp³-hybridized carbons (Fsp3) is 0.231. The van der Waals surface area contributed by atoms with Gasteiger partial charge in [-0.2, -0.15) is 0 Å². The predicted molar refractivity (Wildman–Crippen MR) is 85.1 cm³/mol. The quantitative estimate of drug-likeness (QED) is 0.563. The number of allylic oxidation sites excluding steroid dienone is 4. The Labute approximate surface area is 120 Å². The molecule has 2 aliphatic rings. The molecule has 0 saturated heterocycles. The van der Waals surface area contributed by atoms with E-state index < -0.39 is 0 Å². The maximum atomic E-state index is 5.16. The van der Waals surface area contributed by atoms with Gasteiger partial charge in [-0.15, -0.1) is 6.42 Å². The Kier molecular flexibility index (Phi) is 4.33. The second-order valence-corrected chi connectivity index (χ2v) is 8.59. The molecule has 2 rings (SSSR count). The molecule has 0 nitrogen and oxygen atoms in total. The van der Waals surface area contributed by atoms with Gasteiger partial charge in [0.15, 0.2) is 0 Å². The van der Waals surface area contributed by atoms with Crippen LogP contribution in [0.5, 0.6) is 0 Å². The van der Waals surface area contributed by atoms with Crippen LogP contribution in [0, 0.1) is 24.2 Å². The van der Waals surface area contributed by atoms with Crippen LogP contribution < -0.4 is 0 Å². The summed E-state index contributed by atoms with van der Waals surface area (Å²) in [5.74, 6) is 8.08. The lowest BCUT2D eigenvalue weighted by Gasteiger charge is -2.00. The predicted octanol–water partition coefficient (Wildman–Crippen LogP) is 5.19. The lowest BCUT2D eigenvalue weighted by Crippen LogP contribution is -1.68. The summed E-state index contributed by atoms with van der Waals surface area (Å²) >= 11 is 7.28. The van der Waals surface area contributed by atoms with E-state index in [9.17, 15) is 0 Å². The van der Waals surface area contributed by atoms with Gasteiger partial charge in [0.25, 0.3) is 0 Å². The molecule has 0 fully saturated rings. The zero-order chi connectivity index (χ0) is 12.4. The number of rotatable bonds is 0. The molecule has 0 spiro atoms. The SMILES string of the molecule is C#CC#CC1=C(C)SC(=C2SC(C)=C(C)S2)S1. The molecule has 0 N–H and O–H groups in total. The van der Waals surface area contributed by atoms with Gasteiger partial charge in [-0.3, -0.25) is 0 Å². The Bertz CT molecular complexity index is 542. The fourth-order valence-electron chi connectivity index (χ4n) is 1.19. The molecule has 0 aromatic carbocycles. The van der Waals surface area contributed by atoms with Crippen molar-refractivity contribution in [2.24, 2.45) is 0 Å². The van der Waals surface area contributed by atoms with Crippen molar-refractivity contribution in [1.29, 1.82) is 0 Å². The maximum Gasteiger partial charge on any atom is 0.0733 e. The van der Waals surface area contributed by atoms with Gasteiger partial charge in [-0.1, -0.05) is 47.0 Å². The van der Waals surface area contributed by atoms with Gasteiger partial charge in [0, 0.05) is 4.91 Å². The van der Waals surface area contributed by atoms with Crippen LogP contribution in [0.2, 0.25) is 0 Å². The monoisotopic (exact) mass is 294 g/mol. The summed E-state index contributed by atoms with van der Waals surface area (Å²) in [4.78, 5) is 5.15. The summed E-state index contributed by atoms with van der Waals surface area (Å²) in [5, 5.41) is 0. The van der Waals surface area contributed by atoms with E-state index >= 15 is 0 Å². The molecule has 0 amide bonds. The third-order valence-electron chi connectivity index (χ3n) is 2.16. The smallest absolute Gasteiger partial charge is 0.0733 e. The van der Waals surface area contributed by atoms with Crippen molar-refractivity contribution in [1.82, 2.24) is 0 Å². The van der Waals surface area contributed by atoms with E-state index in [4.69, 9.17) is 6.42 Å². The summed E-state index contributed by atoms with van der Waals surface area (Å²) in [6.07, 6.45) is 5.16. The molecule has 86 valence electrons. The highest BCUT2D eigenvalue weighted by atomic mass is 32.2. The first kappa shape index (κ1) is 13.2. The van der Waals surface area contributed by atoms with Crippen LogP contribution in [-0.2, 0) is 0 Å². The van der Waals surface area contributed by atoms with Crippen LogP contribution in [-0.4, -0.2) is 0 Å². The molecule has 0 aromatic rings. The third-order valence-corrected chi connectivity index (χ3v) is 7.84. The number of hydrogen-bond donors (Lipinski definition) is 0. The fourth-order valence-corrected chi connectivity index (χ4v) is 6.42. The molecule has 17 heavy (non-hydrogen) atoms. The average Bonchev–Trinajstić information content (AvgIpc) is 2.81. The minimum Gasteiger partial charge on any atom is -0.106 e. The van der Waals surface area contributed by atoms with Crippen molar-refractivity contribution in [2.75, 3.05) is 0 Å². The van der Waals surface area contributed by atoms with Gasteiger partial charge >= 0.3 is 0 Å². The van der Waals surface area contributed by atoms with E-state index in [0.717, 1.165) is 4.91 Å². The molecular formula is C13H10S4. The molecule has 2 heterocycles. The molecular weight excluding hydrogens is 284 g/mol. The van der Waals surface area contributed by atoms with Gasteiger partial charge in [0.2, 0.25) is 0 Å². The summed E-state index contributed by atoms with van der Waals surface area (Å²) in [6, 6.07) is 0. The number of hydrogen-bond acceptors (Lipinski definition) is 4. The van der Waals surface area contributed by atoms with E-state index in [2.05, 4.69) is 38.5 Å². The lowest BCUT2D eigenvalue weighted by molar-refractivity contribution is 1.57. The Morgan fingerprint density at radius 2 is 1.35 bits per heavy atom. The molecule has 0 aromatic heterocycles. The minimum atomic E-state index is 1.10. The first-order chi connectivity index (χ1) is 8.11. The van der Waals surface area contributed by atoms with Crippen LogP contribution in [0.1, 0.15) is 20.8 Å². The Morgan fingerprint density at radius 3 is 1.94 bits per heavy atom. The standard InChI is InChI=1S/C13H10S4/c1-5-6-7-11-10(4)16-13(17-11)12-14-8(2)9(3)15-12/h1H,2-4H3. The van der Waals surface area contributed by atoms with Crippen molar-refractivity contribution >= 4 is 47.0 Å². The van der Waals surface area contributed by atoms with E-state index in [1.807, 2.05) is 35.3 Å². The Balaban J connectivity index is 2.17. The van der Waals surface area contributed by atoms with Crippen molar-refractivity contribution in [3.8, 4) is 24.2 Å². The Hall–Kier alpha value is -0.260. The van der Waals surface area contributed by atoms with Gasteiger partial charge in [-0.05, 0) is 48.3 Å². The van der Waals surface area contributed by atoms with Gasteiger partial charge < -0.3 is 0 Å². The highest BCUT2D eigenvalue weighted by Crippen LogP contribution is 2.59. The zero-order valence-electron chi connectivity index (χ0n) is 9.71. The van der Waals surface area contributed by atoms with E-state index in [1.165, 1.54) is 23.2 Å². The lowest BCUT2D eigenvalue weighted by atomic mass is 10.5. The first-order valence-corrected chi connectivity index (χ1v) is 8.19. The summed E-state index contributed by atoms with van der Waals surface area (Å²) in [7, 11) is 0. The van der Waals surface area contributed by atoms with Crippen LogP contribution in [0.15, 0.2) is 28.1 Å². The van der Waals surface area contributed by atoms with Crippen molar-refractivity contribution in [3.63, 3.8) is 0 Å². The van der Waals surface area contributed by atoms with Gasteiger partial charge in [0.1, 0.15) is 0 Å². The van der Waals surface area contributed by atoms with Gasteiger partial charge in [0.05, 0.1) is 13.4 Å². The molecule has 0 atom stereocenters. The first-order valence-electron chi connectivity index (χ1n) is 4.92. The zero-order valence-corrected chi connectivity index (χ0v) is 13.0. The second-order valence-electron chi connectivity index (χ2n) is 3.38. The van der Waals surface area contributed by atoms with Crippen LogP contribution in [0.4, 0.5) is 0 Å². The van der Waals surface area contributed by atoms with E-state index in [1.54, 1.807) is 11.8 Å². The molecule has 0 saturated carbocycles. The minimum absolute atomic E-state index is 1.10. The Morgan fingerprint density at radius 1 is 0.824 bits per heavy atom. The van der Waals surface area contributed by atoms with Crippen LogP contribution in [0.25, 0.3) is 0 Å². The van der Waals surface area contributed by atoms with Crippen LogP contribution in [0.3, 0.4) is 0 Å². The van der Waals surface area contributed by atoms with E-state index in [0.29, 0.717) is 0 Å². The highest BCUT2D eigenvalue weighted by molar-refractivity contribution is 8.34. The molecule has 0 unspecified atom stereocenters.